The van der Waals surface area contributed by atoms with E-state index < -0.39 is 5.97 Å². The Morgan fingerprint density at radius 3 is 2.62 bits per heavy atom. The first-order chi connectivity index (χ1) is 12.5. The molecule has 2 aromatic carbocycles. The van der Waals surface area contributed by atoms with E-state index in [9.17, 15) is 9.18 Å². The molecule has 2 aromatic rings. The van der Waals surface area contributed by atoms with Crippen molar-refractivity contribution < 1.29 is 23.5 Å². The first kappa shape index (κ1) is 17.9. The fourth-order valence-electron chi connectivity index (χ4n) is 2.39. The highest BCUT2D eigenvalue weighted by Crippen LogP contribution is 2.37. The summed E-state index contributed by atoms with van der Waals surface area (Å²) in [5.41, 5.74) is 2.27. The van der Waals surface area contributed by atoms with Crippen LogP contribution in [0.3, 0.4) is 0 Å². The van der Waals surface area contributed by atoms with E-state index >= 15 is 0 Å². The van der Waals surface area contributed by atoms with Crippen molar-refractivity contribution in [2.75, 3.05) is 7.11 Å². The van der Waals surface area contributed by atoms with Gasteiger partial charge >= 0.3 is 5.97 Å². The molecule has 0 unspecified atom stereocenters. The predicted molar refractivity (Wildman–Crippen MR) is 95.9 cm³/mol. The number of hydrogen-bond acceptors (Lipinski definition) is 5. The Hall–Kier alpha value is -2.86. The van der Waals surface area contributed by atoms with Gasteiger partial charge < -0.3 is 14.3 Å². The summed E-state index contributed by atoms with van der Waals surface area (Å²) < 4.78 is 24.1. The summed E-state index contributed by atoms with van der Waals surface area (Å²) in [5.74, 6) is -0.0623. The van der Waals surface area contributed by atoms with E-state index in [4.69, 9.17) is 21.1 Å². The van der Waals surface area contributed by atoms with Crippen LogP contribution in [0.1, 0.15) is 18.1 Å². The van der Waals surface area contributed by atoms with Gasteiger partial charge in [-0.25, -0.2) is 9.18 Å². The summed E-state index contributed by atoms with van der Waals surface area (Å²) in [4.78, 5) is 16.3. The number of nitrogens with zero attached hydrogens (tertiary/aromatic N) is 1. The van der Waals surface area contributed by atoms with Gasteiger partial charge in [-0.05, 0) is 48.4 Å². The second-order valence-corrected chi connectivity index (χ2v) is 5.97. The van der Waals surface area contributed by atoms with Gasteiger partial charge in [0.05, 0.1) is 23.4 Å². The molecule has 0 bridgehead atoms. The molecule has 0 radical (unpaired) electrons. The summed E-state index contributed by atoms with van der Waals surface area (Å²) in [5, 5.41) is 3.95. The molecule has 0 saturated carbocycles. The molecule has 0 spiro atoms. The van der Waals surface area contributed by atoms with E-state index in [1.165, 1.54) is 19.2 Å². The van der Waals surface area contributed by atoms with Gasteiger partial charge in [-0.1, -0.05) is 28.9 Å². The fourth-order valence-corrected chi connectivity index (χ4v) is 2.66. The third kappa shape index (κ3) is 3.86. The topological polar surface area (TPSA) is 57.1 Å². The second-order valence-electron chi connectivity index (χ2n) is 5.56. The van der Waals surface area contributed by atoms with Gasteiger partial charge in [0.15, 0.2) is 11.5 Å². The van der Waals surface area contributed by atoms with Crippen LogP contribution in [0.15, 0.2) is 47.1 Å². The number of halogens is 2. The minimum atomic E-state index is -0.519. The van der Waals surface area contributed by atoms with E-state index in [2.05, 4.69) is 9.99 Å². The number of carbonyl (C=O) groups is 1. The third-order valence-electron chi connectivity index (χ3n) is 3.73. The van der Waals surface area contributed by atoms with Crippen LogP contribution in [-0.2, 0) is 16.2 Å². The van der Waals surface area contributed by atoms with E-state index in [-0.39, 0.29) is 12.4 Å². The van der Waals surface area contributed by atoms with Gasteiger partial charge in [-0.2, -0.15) is 0 Å². The van der Waals surface area contributed by atoms with Crippen molar-refractivity contribution in [2.24, 2.45) is 5.16 Å². The maximum atomic E-state index is 13.0. The number of benzene rings is 2. The van der Waals surface area contributed by atoms with Crippen molar-refractivity contribution in [1.82, 2.24) is 0 Å². The van der Waals surface area contributed by atoms with Crippen LogP contribution in [0.4, 0.5) is 4.39 Å². The Kier molecular flexibility index (Phi) is 5.23. The molecule has 5 nitrogen and oxygen atoms in total. The molecule has 3 rings (SSSR count). The third-order valence-corrected chi connectivity index (χ3v) is 4.02. The highest BCUT2D eigenvalue weighted by atomic mass is 35.5. The number of ether oxygens (including phenoxy) is 2. The summed E-state index contributed by atoms with van der Waals surface area (Å²) in [6, 6.07) is 9.31. The van der Waals surface area contributed by atoms with E-state index in [0.29, 0.717) is 33.4 Å². The zero-order valence-electron chi connectivity index (χ0n) is 14.1. The van der Waals surface area contributed by atoms with Crippen LogP contribution in [0, 0.1) is 5.82 Å². The molecule has 1 aliphatic rings. The molecule has 0 amide bonds. The minimum Gasteiger partial charge on any atom is -0.493 e. The van der Waals surface area contributed by atoms with Crippen molar-refractivity contribution in [3.63, 3.8) is 0 Å². The Bertz CT molecular complexity index is 907. The lowest BCUT2D eigenvalue weighted by atomic mass is 10.1. The lowest BCUT2D eigenvalue weighted by Gasteiger charge is -2.13. The predicted octanol–water partition coefficient (Wildman–Crippen LogP) is 4.38. The van der Waals surface area contributed by atoms with Crippen molar-refractivity contribution >= 4 is 29.4 Å². The SMILES string of the molecule is COc1cc(/C=C2/C(=O)ON=C2C)cc(Cl)c1OCc1ccc(F)cc1. The van der Waals surface area contributed by atoms with Crippen molar-refractivity contribution in [1.29, 1.82) is 0 Å². The average molecular weight is 376 g/mol. The first-order valence-corrected chi connectivity index (χ1v) is 8.08. The Balaban J connectivity index is 1.85. The van der Waals surface area contributed by atoms with Gasteiger partial charge in [-0.3, -0.25) is 0 Å². The number of carbonyl (C=O) groups excluding carboxylic acids is 1. The zero-order chi connectivity index (χ0) is 18.7. The number of methoxy groups -OCH3 is 1. The largest absolute Gasteiger partial charge is 0.493 e. The minimum absolute atomic E-state index is 0.203. The normalized spacial score (nSPS) is 15.0. The maximum Gasteiger partial charge on any atom is 0.367 e. The molecule has 1 aliphatic heterocycles. The Morgan fingerprint density at radius 2 is 2.00 bits per heavy atom. The first-order valence-electron chi connectivity index (χ1n) is 7.70. The highest BCUT2D eigenvalue weighted by molar-refractivity contribution is 6.32. The molecule has 7 heteroatoms. The summed E-state index contributed by atoms with van der Waals surface area (Å²) in [7, 11) is 1.49. The summed E-state index contributed by atoms with van der Waals surface area (Å²) in [6.07, 6.45) is 1.62. The summed E-state index contributed by atoms with van der Waals surface area (Å²) >= 11 is 6.32. The summed E-state index contributed by atoms with van der Waals surface area (Å²) in [6.45, 7) is 1.88. The van der Waals surface area contributed by atoms with Crippen molar-refractivity contribution in [2.45, 2.75) is 13.5 Å². The maximum absolute atomic E-state index is 13.0. The lowest BCUT2D eigenvalue weighted by Crippen LogP contribution is -2.02. The molecule has 0 fully saturated rings. The Morgan fingerprint density at radius 1 is 1.27 bits per heavy atom. The second kappa shape index (κ2) is 7.58. The molecule has 0 saturated heterocycles. The van der Waals surface area contributed by atoms with Crippen LogP contribution < -0.4 is 9.47 Å². The standard InChI is InChI=1S/C19H15ClFNO4/c1-11-15(19(23)26-22-11)7-13-8-16(20)18(17(9-13)24-2)25-10-12-3-5-14(21)6-4-12/h3-9H,10H2,1-2H3/b15-7+. The van der Waals surface area contributed by atoms with Crippen LogP contribution in [-0.4, -0.2) is 18.8 Å². The Labute approximate surface area is 154 Å². The van der Waals surface area contributed by atoms with Crippen molar-refractivity contribution in [3.05, 3.63) is 63.9 Å². The van der Waals surface area contributed by atoms with Crippen LogP contribution in [0.2, 0.25) is 5.02 Å². The van der Waals surface area contributed by atoms with Crippen LogP contribution in [0.5, 0.6) is 11.5 Å². The van der Waals surface area contributed by atoms with Crippen molar-refractivity contribution in [3.8, 4) is 11.5 Å². The smallest absolute Gasteiger partial charge is 0.367 e. The molecule has 0 aromatic heterocycles. The van der Waals surface area contributed by atoms with E-state index in [1.54, 1.807) is 37.3 Å². The molecule has 134 valence electrons. The number of oxime groups is 1. The lowest BCUT2D eigenvalue weighted by molar-refractivity contribution is -0.136. The molecule has 0 N–H and O–H groups in total. The monoisotopic (exact) mass is 375 g/mol. The zero-order valence-corrected chi connectivity index (χ0v) is 14.8. The van der Waals surface area contributed by atoms with Crippen LogP contribution in [0.25, 0.3) is 6.08 Å². The van der Waals surface area contributed by atoms with Crippen LogP contribution >= 0.6 is 11.6 Å². The molecule has 26 heavy (non-hydrogen) atoms. The van der Waals surface area contributed by atoms with Gasteiger partial charge in [0.25, 0.3) is 0 Å². The molecular weight excluding hydrogens is 361 g/mol. The van der Waals surface area contributed by atoms with Gasteiger partial charge in [0.2, 0.25) is 0 Å². The van der Waals surface area contributed by atoms with Gasteiger partial charge in [0.1, 0.15) is 12.4 Å². The van der Waals surface area contributed by atoms with E-state index in [0.717, 1.165) is 5.56 Å². The molecule has 0 atom stereocenters. The average Bonchev–Trinajstić information content (AvgIpc) is 2.94. The number of hydrogen-bond donors (Lipinski definition) is 0. The molecular formula is C19H15ClFNO4. The molecule has 0 aliphatic carbocycles. The highest BCUT2D eigenvalue weighted by Gasteiger charge is 2.22. The fraction of sp³-hybridized carbons (Fsp3) is 0.158. The number of rotatable bonds is 5. The van der Waals surface area contributed by atoms with Gasteiger partial charge in [-0.15, -0.1) is 0 Å². The quantitative estimate of drug-likeness (QED) is 0.574. The van der Waals surface area contributed by atoms with Gasteiger partial charge in [0, 0.05) is 0 Å². The van der Waals surface area contributed by atoms with E-state index in [1.807, 2.05) is 0 Å². The molecule has 1 heterocycles.